The Kier molecular flexibility index (Phi) is 4.73. The normalized spacial score (nSPS) is 18.5. The highest BCUT2D eigenvalue weighted by Gasteiger charge is 2.27. The van der Waals surface area contributed by atoms with E-state index in [0.717, 1.165) is 0 Å². The van der Waals surface area contributed by atoms with Crippen molar-refractivity contribution < 1.29 is 22.4 Å². The number of hydrogen-bond acceptors (Lipinski definition) is 5. The van der Waals surface area contributed by atoms with Crippen LogP contribution in [0.1, 0.15) is 23.2 Å². The van der Waals surface area contributed by atoms with Crippen LogP contribution < -0.4 is 0 Å². The van der Waals surface area contributed by atoms with Gasteiger partial charge >= 0.3 is 0 Å². The number of amides is 1. The first kappa shape index (κ1) is 16.7. The third-order valence-electron chi connectivity index (χ3n) is 3.94. The highest BCUT2D eigenvalue weighted by atomic mass is 32.2. The highest BCUT2D eigenvalue weighted by molar-refractivity contribution is 7.90. The lowest BCUT2D eigenvalue weighted by molar-refractivity contribution is 0.00190. The molecule has 0 radical (unpaired) electrons. The highest BCUT2D eigenvalue weighted by Crippen LogP contribution is 2.20. The lowest BCUT2D eigenvalue weighted by Crippen LogP contribution is -2.47. The Balaban J connectivity index is 1.75. The van der Waals surface area contributed by atoms with Gasteiger partial charge in [0.2, 0.25) is 0 Å². The Labute approximate surface area is 140 Å². The van der Waals surface area contributed by atoms with E-state index in [1.165, 1.54) is 6.07 Å². The first-order valence-corrected chi connectivity index (χ1v) is 9.38. The fourth-order valence-electron chi connectivity index (χ4n) is 2.64. The van der Waals surface area contributed by atoms with Crippen molar-refractivity contribution in [3.8, 4) is 0 Å². The van der Waals surface area contributed by atoms with Gasteiger partial charge in [-0.05, 0) is 31.2 Å². The molecule has 6 nitrogen and oxygen atoms in total. The van der Waals surface area contributed by atoms with Gasteiger partial charge in [0.15, 0.2) is 15.6 Å². The smallest absolute Gasteiger partial charge is 0.289 e. The van der Waals surface area contributed by atoms with E-state index in [0.29, 0.717) is 19.8 Å². The molecule has 1 atom stereocenters. The van der Waals surface area contributed by atoms with Gasteiger partial charge in [0.25, 0.3) is 5.91 Å². The number of sulfone groups is 1. The molecule has 1 fully saturated rings. The zero-order valence-electron chi connectivity index (χ0n) is 13.3. The largest absolute Gasteiger partial charge is 0.455 e. The molecular weight excluding hydrogens is 330 g/mol. The number of morpholine rings is 1. The number of carbonyl (C=O) groups excluding carboxylic acids is 1. The summed E-state index contributed by atoms with van der Waals surface area (Å²) in [6, 6.07) is 11.2. The maximum absolute atomic E-state index is 12.5. The van der Waals surface area contributed by atoms with Crippen LogP contribution in [-0.2, 0) is 20.3 Å². The van der Waals surface area contributed by atoms with Crippen molar-refractivity contribution in [2.45, 2.75) is 23.6 Å². The Morgan fingerprint density at radius 3 is 2.67 bits per heavy atom. The van der Waals surface area contributed by atoms with Crippen molar-refractivity contribution in [3.63, 3.8) is 0 Å². The molecule has 1 aliphatic rings. The van der Waals surface area contributed by atoms with Crippen molar-refractivity contribution in [1.82, 2.24) is 4.90 Å². The summed E-state index contributed by atoms with van der Waals surface area (Å²) in [6.45, 7) is 3.38. The minimum atomic E-state index is -3.50. The summed E-state index contributed by atoms with van der Waals surface area (Å²) in [5.74, 6) is -0.109. The first-order valence-electron chi connectivity index (χ1n) is 7.72. The average Bonchev–Trinajstić information content (AvgIpc) is 3.03. The van der Waals surface area contributed by atoms with Crippen LogP contribution in [0.2, 0.25) is 0 Å². The van der Waals surface area contributed by atoms with E-state index in [1.807, 2.05) is 6.92 Å². The second-order valence-electron chi connectivity index (χ2n) is 5.76. The van der Waals surface area contributed by atoms with Crippen molar-refractivity contribution in [2.75, 3.05) is 19.8 Å². The second-order valence-corrected chi connectivity index (χ2v) is 7.75. The molecular formula is C17H19NO5S. The van der Waals surface area contributed by atoms with Gasteiger partial charge in [0.1, 0.15) is 11.5 Å². The van der Waals surface area contributed by atoms with Gasteiger partial charge < -0.3 is 14.1 Å². The van der Waals surface area contributed by atoms with Gasteiger partial charge in [-0.25, -0.2) is 8.42 Å². The van der Waals surface area contributed by atoms with Crippen LogP contribution in [0.3, 0.4) is 0 Å². The molecule has 1 saturated heterocycles. The lowest BCUT2D eigenvalue weighted by atomic mass is 10.2. The van der Waals surface area contributed by atoms with Gasteiger partial charge in [-0.1, -0.05) is 18.2 Å². The van der Waals surface area contributed by atoms with Crippen molar-refractivity contribution in [3.05, 3.63) is 54.0 Å². The number of benzene rings is 1. The predicted octanol–water partition coefficient (Wildman–Crippen LogP) is 2.11. The molecule has 1 aromatic carbocycles. The number of furan rings is 1. The average molecular weight is 349 g/mol. The molecule has 3 rings (SSSR count). The van der Waals surface area contributed by atoms with Gasteiger partial charge in [-0.3, -0.25) is 4.79 Å². The van der Waals surface area contributed by atoms with E-state index in [1.54, 1.807) is 41.3 Å². The molecule has 0 bridgehead atoms. The van der Waals surface area contributed by atoms with E-state index in [9.17, 15) is 13.2 Å². The fourth-order valence-corrected chi connectivity index (χ4v) is 3.91. The number of ether oxygens (including phenoxy) is 1. The quantitative estimate of drug-likeness (QED) is 0.845. The van der Waals surface area contributed by atoms with Crippen molar-refractivity contribution in [2.24, 2.45) is 0 Å². The van der Waals surface area contributed by atoms with E-state index in [4.69, 9.17) is 9.15 Å². The molecule has 1 amide bonds. The molecule has 0 spiro atoms. The molecule has 2 heterocycles. The molecule has 0 saturated carbocycles. The maximum Gasteiger partial charge on any atom is 0.289 e. The molecule has 0 unspecified atom stereocenters. The first-order chi connectivity index (χ1) is 11.5. The predicted molar refractivity (Wildman–Crippen MR) is 87.4 cm³/mol. The van der Waals surface area contributed by atoms with Crippen molar-refractivity contribution >= 4 is 15.7 Å². The van der Waals surface area contributed by atoms with Crippen LogP contribution in [0.25, 0.3) is 0 Å². The zero-order chi connectivity index (χ0) is 17.2. The van der Waals surface area contributed by atoms with Crippen molar-refractivity contribution in [1.29, 1.82) is 0 Å². The molecule has 128 valence electrons. The summed E-state index contributed by atoms with van der Waals surface area (Å²) < 4.78 is 35.5. The molecule has 2 aromatic rings. The third kappa shape index (κ3) is 3.52. The van der Waals surface area contributed by atoms with E-state index in [-0.39, 0.29) is 34.1 Å². The molecule has 1 aliphatic heterocycles. The molecule has 0 N–H and O–H groups in total. The van der Waals surface area contributed by atoms with Crippen LogP contribution in [0.4, 0.5) is 0 Å². The van der Waals surface area contributed by atoms with Crippen LogP contribution in [0.15, 0.2) is 51.8 Å². The number of carbonyl (C=O) groups is 1. The molecule has 0 aliphatic carbocycles. The van der Waals surface area contributed by atoms with E-state index < -0.39 is 9.84 Å². The molecule has 1 aromatic heterocycles. The van der Waals surface area contributed by atoms with E-state index in [2.05, 4.69) is 0 Å². The Morgan fingerprint density at radius 1 is 1.21 bits per heavy atom. The Hall–Kier alpha value is -2.12. The monoisotopic (exact) mass is 349 g/mol. The topological polar surface area (TPSA) is 76.8 Å². The Morgan fingerprint density at radius 2 is 1.96 bits per heavy atom. The SMILES string of the molecule is C[C@H]1COCCN1C(=O)c1ccc(CS(=O)(=O)c2ccccc2)o1. The van der Waals surface area contributed by atoms with Gasteiger partial charge in [0.05, 0.1) is 24.2 Å². The van der Waals surface area contributed by atoms with Crippen LogP contribution >= 0.6 is 0 Å². The van der Waals surface area contributed by atoms with Crippen LogP contribution in [0.5, 0.6) is 0 Å². The number of rotatable bonds is 4. The van der Waals surface area contributed by atoms with E-state index >= 15 is 0 Å². The zero-order valence-corrected chi connectivity index (χ0v) is 14.2. The maximum atomic E-state index is 12.5. The van der Waals surface area contributed by atoms with Crippen LogP contribution in [-0.4, -0.2) is 45.0 Å². The summed E-state index contributed by atoms with van der Waals surface area (Å²) in [4.78, 5) is 14.4. The third-order valence-corrected chi connectivity index (χ3v) is 5.59. The fraction of sp³-hybridized carbons (Fsp3) is 0.353. The minimum absolute atomic E-state index is 0.0344. The summed E-state index contributed by atoms with van der Waals surface area (Å²) in [5, 5.41) is 0. The number of nitrogens with zero attached hydrogens (tertiary/aromatic N) is 1. The lowest BCUT2D eigenvalue weighted by Gasteiger charge is -2.32. The van der Waals surface area contributed by atoms with Crippen LogP contribution in [0, 0.1) is 0 Å². The van der Waals surface area contributed by atoms with Gasteiger partial charge in [-0.15, -0.1) is 0 Å². The summed E-state index contributed by atoms with van der Waals surface area (Å²) >= 11 is 0. The summed E-state index contributed by atoms with van der Waals surface area (Å²) in [5.41, 5.74) is 0. The molecule has 24 heavy (non-hydrogen) atoms. The van der Waals surface area contributed by atoms with Gasteiger partial charge in [-0.2, -0.15) is 0 Å². The molecule has 7 heteroatoms. The number of hydrogen-bond donors (Lipinski definition) is 0. The Bertz CT molecular complexity index is 813. The minimum Gasteiger partial charge on any atom is -0.455 e. The summed E-state index contributed by atoms with van der Waals surface area (Å²) in [6.07, 6.45) is 0. The summed E-state index contributed by atoms with van der Waals surface area (Å²) in [7, 11) is -3.50. The second kappa shape index (κ2) is 6.78. The van der Waals surface area contributed by atoms with Gasteiger partial charge in [0, 0.05) is 6.54 Å². The standard InChI is InChI=1S/C17H19NO5S/c1-13-11-22-10-9-18(13)17(19)16-8-7-14(23-16)12-24(20,21)15-5-3-2-4-6-15/h2-8,13H,9-12H2,1H3/t13-/m0/s1.